The number of imide groups is 1. The summed E-state index contributed by atoms with van der Waals surface area (Å²) in [5.74, 6) is -1.10. The van der Waals surface area contributed by atoms with Crippen LogP contribution >= 0.6 is 22.9 Å². The van der Waals surface area contributed by atoms with Gasteiger partial charge in [-0.25, -0.2) is 9.88 Å². The second-order valence-electron chi connectivity index (χ2n) is 8.35. The molecule has 4 aromatic rings. The van der Waals surface area contributed by atoms with E-state index in [-0.39, 0.29) is 21.6 Å². The van der Waals surface area contributed by atoms with Crippen LogP contribution in [-0.2, 0) is 9.59 Å². The number of nitrogens with one attached hydrogen (secondary N) is 2. The molecule has 2 heterocycles. The Balaban J connectivity index is 1.23. The number of methoxy groups -OCH3 is 1. The molecule has 0 saturated heterocycles. The Morgan fingerprint density at radius 2 is 1.70 bits per heavy atom. The third-order valence-corrected chi connectivity index (χ3v) is 6.99. The van der Waals surface area contributed by atoms with E-state index >= 15 is 0 Å². The Bertz CT molecular complexity index is 1620. The number of benzene rings is 3. The predicted octanol–water partition coefficient (Wildman–Crippen LogP) is 5.20. The molecule has 40 heavy (non-hydrogen) atoms. The molecule has 0 fully saturated rings. The van der Waals surface area contributed by atoms with Crippen LogP contribution in [0.1, 0.15) is 10.4 Å². The standard InChI is InChI=1S/C27H19ClN5O6S/c1-39-20-12-10-18(11-13-20)32-25(35)22(28)23(26(32)36)29-17-6-2-16(3-7-17)24(34)31-27-30-21(14-40-27)15-4-8-19(9-5-15)33(37)38/h2-14,29,37H,1H3,(H,30,31,34)/q-1. The van der Waals surface area contributed by atoms with Gasteiger partial charge in [0.2, 0.25) is 0 Å². The van der Waals surface area contributed by atoms with Crippen molar-refractivity contribution in [2.45, 2.75) is 0 Å². The molecule has 0 bridgehead atoms. The van der Waals surface area contributed by atoms with Gasteiger partial charge in [0.25, 0.3) is 17.7 Å². The summed E-state index contributed by atoms with van der Waals surface area (Å²) in [6.07, 6.45) is 0. The fourth-order valence-corrected chi connectivity index (χ4v) is 4.75. The lowest BCUT2D eigenvalue weighted by Gasteiger charge is -2.21. The molecule has 0 aliphatic carbocycles. The average Bonchev–Trinajstić information content (AvgIpc) is 3.52. The minimum absolute atomic E-state index is 0.0787. The van der Waals surface area contributed by atoms with Crippen molar-refractivity contribution >= 4 is 62.9 Å². The number of ether oxygens (including phenoxy) is 1. The van der Waals surface area contributed by atoms with Crippen molar-refractivity contribution in [2.75, 3.05) is 27.9 Å². The van der Waals surface area contributed by atoms with E-state index in [1.165, 1.54) is 30.6 Å². The smallest absolute Gasteiger partial charge is 0.283 e. The lowest BCUT2D eigenvalue weighted by Crippen LogP contribution is -2.32. The number of amides is 3. The fraction of sp³-hybridized carbons (Fsp3) is 0.0370. The van der Waals surface area contributed by atoms with Gasteiger partial charge in [0.1, 0.15) is 16.5 Å². The molecule has 3 aromatic carbocycles. The van der Waals surface area contributed by atoms with Gasteiger partial charge < -0.3 is 20.5 Å². The quantitative estimate of drug-likeness (QED) is 0.190. The highest BCUT2D eigenvalue weighted by molar-refractivity contribution is 7.14. The number of carbonyl (C=O) groups is 3. The van der Waals surface area contributed by atoms with Gasteiger partial charge in [0.05, 0.1) is 24.2 Å². The SMILES string of the molecule is COc1ccc(N2C(=O)C(Cl)=C(Nc3ccc(C(=O)Nc4nc(-c5ccc(N([O-])O)cc5)cs4)cc3)C2=O)cc1. The van der Waals surface area contributed by atoms with Crippen molar-refractivity contribution < 1.29 is 24.3 Å². The number of halogens is 1. The van der Waals surface area contributed by atoms with E-state index < -0.39 is 17.7 Å². The van der Waals surface area contributed by atoms with Gasteiger partial charge in [0.15, 0.2) is 5.13 Å². The van der Waals surface area contributed by atoms with Crippen molar-refractivity contribution in [3.63, 3.8) is 0 Å². The monoisotopic (exact) mass is 576 g/mol. The molecule has 0 radical (unpaired) electrons. The lowest BCUT2D eigenvalue weighted by molar-refractivity contribution is -0.120. The molecule has 13 heteroatoms. The number of rotatable bonds is 8. The summed E-state index contributed by atoms with van der Waals surface area (Å²) in [6.45, 7) is 0. The van der Waals surface area contributed by atoms with Gasteiger partial charge in [-0.1, -0.05) is 23.7 Å². The highest BCUT2D eigenvalue weighted by atomic mass is 35.5. The summed E-state index contributed by atoms with van der Waals surface area (Å²) < 4.78 is 5.11. The molecular formula is C27H19ClN5O6S-. The van der Waals surface area contributed by atoms with Crippen molar-refractivity contribution in [3.05, 3.63) is 99.7 Å². The number of nitrogens with zero attached hydrogens (tertiary/aromatic N) is 3. The normalized spacial score (nSPS) is 13.1. The van der Waals surface area contributed by atoms with Crippen LogP contribution in [0.3, 0.4) is 0 Å². The number of hydrogen-bond donors (Lipinski definition) is 3. The van der Waals surface area contributed by atoms with Crippen LogP contribution in [-0.4, -0.2) is 35.0 Å². The Kier molecular flexibility index (Phi) is 7.49. The Morgan fingerprint density at radius 3 is 2.33 bits per heavy atom. The lowest BCUT2D eigenvalue weighted by atomic mass is 10.1. The van der Waals surface area contributed by atoms with Crippen LogP contribution in [0.15, 0.2) is 88.9 Å². The molecule has 1 aromatic heterocycles. The molecule has 0 atom stereocenters. The first-order valence-corrected chi connectivity index (χ1v) is 12.8. The zero-order valence-electron chi connectivity index (χ0n) is 20.6. The minimum Gasteiger partial charge on any atom is -0.733 e. The summed E-state index contributed by atoms with van der Waals surface area (Å²) in [4.78, 5) is 43.8. The second kappa shape index (κ2) is 11.2. The van der Waals surface area contributed by atoms with E-state index in [4.69, 9.17) is 21.5 Å². The first-order chi connectivity index (χ1) is 19.2. The van der Waals surface area contributed by atoms with Crippen LogP contribution in [0.5, 0.6) is 5.75 Å². The van der Waals surface area contributed by atoms with E-state index in [1.54, 1.807) is 66.0 Å². The van der Waals surface area contributed by atoms with E-state index in [2.05, 4.69) is 15.6 Å². The fourth-order valence-electron chi connectivity index (χ4n) is 3.82. The zero-order chi connectivity index (χ0) is 28.4. The first-order valence-electron chi connectivity index (χ1n) is 11.6. The predicted molar refractivity (Wildman–Crippen MR) is 152 cm³/mol. The van der Waals surface area contributed by atoms with E-state index in [0.29, 0.717) is 39.1 Å². The van der Waals surface area contributed by atoms with E-state index in [1.807, 2.05) is 0 Å². The van der Waals surface area contributed by atoms with Crippen LogP contribution in [0, 0.1) is 5.21 Å². The minimum atomic E-state index is -0.658. The summed E-state index contributed by atoms with van der Waals surface area (Å²) >= 11 is 7.42. The maximum atomic E-state index is 13.0. The molecule has 3 N–H and O–H groups in total. The molecule has 5 rings (SSSR count). The molecule has 1 aliphatic rings. The van der Waals surface area contributed by atoms with Gasteiger partial charge in [0, 0.05) is 22.2 Å². The molecule has 0 unspecified atom stereocenters. The Labute approximate surface area is 236 Å². The second-order valence-corrected chi connectivity index (χ2v) is 9.58. The number of thiazole rings is 1. The third-order valence-electron chi connectivity index (χ3n) is 5.88. The van der Waals surface area contributed by atoms with E-state index in [0.717, 1.165) is 4.90 Å². The van der Waals surface area contributed by atoms with E-state index in [9.17, 15) is 19.6 Å². The first kappa shape index (κ1) is 26.8. The Hall–Kier alpha value is -4.75. The molecule has 1 aliphatic heterocycles. The van der Waals surface area contributed by atoms with Crippen molar-refractivity contribution in [2.24, 2.45) is 0 Å². The van der Waals surface area contributed by atoms with Gasteiger partial charge in [-0.3, -0.25) is 24.9 Å². The molecule has 11 nitrogen and oxygen atoms in total. The van der Waals surface area contributed by atoms with Crippen LogP contribution in [0.25, 0.3) is 11.3 Å². The number of aromatic nitrogens is 1. The van der Waals surface area contributed by atoms with Gasteiger partial charge in [-0.2, -0.15) is 0 Å². The molecule has 202 valence electrons. The van der Waals surface area contributed by atoms with Gasteiger partial charge in [-0.05, 0) is 60.7 Å². The summed E-state index contributed by atoms with van der Waals surface area (Å²) in [5.41, 5.74) is 2.43. The summed E-state index contributed by atoms with van der Waals surface area (Å²) in [6, 6.07) is 18.8. The van der Waals surface area contributed by atoms with Crippen LogP contribution < -0.4 is 25.5 Å². The number of hydrogen-bond acceptors (Lipinski definition) is 10. The van der Waals surface area contributed by atoms with Crippen molar-refractivity contribution in [1.82, 2.24) is 4.98 Å². The maximum absolute atomic E-state index is 13.0. The van der Waals surface area contributed by atoms with Gasteiger partial charge >= 0.3 is 0 Å². The molecule has 0 saturated carbocycles. The molecular weight excluding hydrogens is 558 g/mol. The average molecular weight is 577 g/mol. The summed E-state index contributed by atoms with van der Waals surface area (Å²) in [5, 5.41) is 27.1. The number of carbonyl (C=O) groups excluding carboxylic acids is 3. The number of anilines is 4. The van der Waals surface area contributed by atoms with Crippen molar-refractivity contribution in [1.29, 1.82) is 0 Å². The maximum Gasteiger partial charge on any atom is 0.283 e. The Morgan fingerprint density at radius 1 is 1.02 bits per heavy atom. The van der Waals surface area contributed by atoms with Crippen LogP contribution in [0.2, 0.25) is 0 Å². The zero-order valence-corrected chi connectivity index (χ0v) is 22.2. The molecule has 3 amide bonds. The summed E-state index contributed by atoms with van der Waals surface area (Å²) in [7, 11) is 1.51. The highest BCUT2D eigenvalue weighted by Gasteiger charge is 2.39. The van der Waals surface area contributed by atoms with Gasteiger partial charge in [-0.15, -0.1) is 11.3 Å². The molecule has 0 spiro atoms. The third kappa shape index (κ3) is 5.37. The van der Waals surface area contributed by atoms with Crippen LogP contribution in [0.4, 0.5) is 22.2 Å². The topological polar surface area (TPSA) is 147 Å². The largest absolute Gasteiger partial charge is 0.733 e. The van der Waals surface area contributed by atoms with Crippen molar-refractivity contribution in [3.8, 4) is 17.0 Å². The highest BCUT2D eigenvalue weighted by Crippen LogP contribution is 2.31.